The van der Waals surface area contributed by atoms with Gasteiger partial charge in [-0.05, 0) is 20.8 Å². The third-order valence-electron chi connectivity index (χ3n) is 3.08. The normalized spacial score (nSPS) is 15.3. The van der Waals surface area contributed by atoms with Crippen molar-refractivity contribution in [3.63, 3.8) is 0 Å². The summed E-state index contributed by atoms with van der Waals surface area (Å²) in [6.07, 6.45) is 0. The van der Waals surface area contributed by atoms with Crippen LogP contribution < -0.4 is 5.73 Å². The summed E-state index contributed by atoms with van der Waals surface area (Å²) in [5, 5.41) is 13.9. The number of aliphatic hydroxyl groups is 1. The summed E-state index contributed by atoms with van der Waals surface area (Å²) in [4.78, 5) is 0. The monoisotopic (exact) mass is 211 g/mol. The molecule has 3 N–H and O–H groups in total. The van der Waals surface area contributed by atoms with Gasteiger partial charge in [0, 0.05) is 29.8 Å². The first-order valence-corrected chi connectivity index (χ1v) is 5.35. The van der Waals surface area contributed by atoms with Crippen LogP contribution in [-0.4, -0.2) is 28.0 Å². The van der Waals surface area contributed by atoms with Gasteiger partial charge in [-0.3, -0.25) is 4.68 Å². The molecule has 4 heteroatoms. The van der Waals surface area contributed by atoms with E-state index < -0.39 is 0 Å². The fraction of sp³-hybridized carbons (Fsp3) is 0.727. The van der Waals surface area contributed by atoms with Crippen LogP contribution in [0.2, 0.25) is 0 Å². The standard InChI is InChI=1S/C11H21N3O/c1-5-14-9(3)10(8(2)13-14)11(4,6-12)7-15/h15H,5-7,12H2,1-4H3. The van der Waals surface area contributed by atoms with Crippen molar-refractivity contribution in [2.75, 3.05) is 13.2 Å². The summed E-state index contributed by atoms with van der Waals surface area (Å²) in [5.74, 6) is 0. The van der Waals surface area contributed by atoms with Crippen molar-refractivity contribution in [2.45, 2.75) is 39.7 Å². The van der Waals surface area contributed by atoms with Crippen LogP contribution in [0, 0.1) is 13.8 Å². The zero-order valence-electron chi connectivity index (χ0n) is 10.0. The van der Waals surface area contributed by atoms with Crippen molar-refractivity contribution in [3.05, 3.63) is 17.0 Å². The summed E-state index contributed by atoms with van der Waals surface area (Å²) in [7, 11) is 0. The van der Waals surface area contributed by atoms with Gasteiger partial charge in [0.15, 0.2) is 0 Å². The van der Waals surface area contributed by atoms with Crippen molar-refractivity contribution >= 4 is 0 Å². The van der Waals surface area contributed by atoms with Gasteiger partial charge in [0.05, 0.1) is 12.3 Å². The fourth-order valence-electron chi connectivity index (χ4n) is 2.12. The number of nitrogens with zero attached hydrogens (tertiary/aromatic N) is 2. The predicted molar refractivity (Wildman–Crippen MR) is 60.9 cm³/mol. The molecule has 1 heterocycles. The van der Waals surface area contributed by atoms with Gasteiger partial charge < -0.3 is 10.8 Å². The molecule has 1 aromatic heterocycles. The fourth-order valence-corrected chi connectivity index (χ4v) is 2.12. The average molecular weight is 211 g/mol. The Balaban J connectivity index is 3.29. The van der Waals surface area contributed by atoms with Crippen LogP contribution in [0.3, 0.4) is 0 Å². The largest absolute Gasteiger partial charge is 0.395 e. The third kappa shape index (κ3) is 1.92. The van der Waals surface area contributed by atoms with E-state index in [9.17, 15) is 5.11 Å². The van der Waals surface area contributed by atoms with E-state index in [1.807, 2.05) is 25.5 Å². The van der Waals surface area contributed by atoms with E-state index in [2.05, 4.69) is 12.0 Å². The summed E-state index contributed by atoms with van der Waals surface area (Å²) in [6.45, 7) is 9.37. The number of hydrogen-bond donors (Lipinski definition) is 2. The van der Waals surface area contributed by atoms with Crippen molar-refractivity contribution in [1.82, 2.24) is 9.78 Å². The van der Waals surface area contributed by atoms with Crippen molar-refractivity contribution in [1.29, 1.82) is 0 Å². The molecule has 0 saturated carbocycles. The van der Waals surface area contributed by atoms with Gasteiger partial charge in [0.2, 0.25) is 0 Å². The highest BCUT2D eigenvalue weighted by molar-refractivity contribution is 5.33. The molecule has 0 bridgehead atoms. The molecule has 0 saturated heterocycles. The lowest BCUT2D eigenvalue weighted by Crippen LogP contribution is -2.36. The van der Waals surface area contributed by atoms with Crippen LogP contribution >= 0.6 is 0 Å². The summed E-state index contributed by atoms with van der Waals surface area (Å²) in [6, 6.07) is 0. The molecule has 0 spiro atoms. The van der Waals surface area contributed by atoms with E-state index in [0.717, 1.165) is 23.5 Å². The van der Waals surface area contributed by atoms with E-state index in [1.165, 1.54) is 0 Å². The summed E-state index contributed by atoms with van der Waals surface area (Å²) in [5.41, 5.74) is 8.54. The average Bonchev–Trinajstić information content (AvgIpc) is 2.53. The van der Waals surface area contributed by atoms with Gasteiger partial charge in [-0.1, -0.05) is 6.92 Å². The molecule has 0 aliphatic heterocycles. The van der Waals surface area contributed by atoms with Crippen molar-refractivity contribution in [2.24, 2.45) is 5.73 Å². The lowest BCUT2D eigenvalue weighted by Gasteiger charge is -2.26. The molecule has 0 aromatic carbocycles. The van der Waals surface area contributed by atoms with E-state index in [-0.39, 0.29) is 12.0 Å². The smallest absolute Gasteiger partial charge is 0.0635 e. The number of aromatic nitrogens is 2. The zero-order valence-corrected chi connectivity index (χ0v) is 10.0. The molecule has 1 unspecified atom stereocenters. The molecule has 1 aromatic rings. The first-order chi connectivity index (χ1) is 7.00. The number of rotatable bonds is 4. The SMILES string of the molecule is CCn1nc(C)c(C(C)(CN)CO)c1C. The first kappa shape index (κ1) is 12.2. The molecular weight excluding hydrogens is 190 g/mol. The van der Waals surface area contributed by atoms with Gasteiger partial charge in [-0.15, -0.1) is 0 Å². The maximum Gasteiger partial charge on any atom is 0.0635 e. The van der Waals surface area contributed by atoms with Crippen molar-refractivity contribution < 1.29 is 5.11 Å². The van der Waals surface area contributed by atoms with Crippen LogP contribution in [-0.2, 0) is 12.0 Å². The molecule has 0 fully saturated rings. The Labute approximate surface area is 91.1 Å². The Hall–Kier alpha value is -0.870. The third-order valence-corrected chi connectivity index (χ3v) is 3.08. The molecule has 4 nitrogen and oxygen atoms in total. The van der Waals surface area contributed by atoms with Crippen LogP contribution in [0.15, 0.2) is 0 Å². The minimum atomic E-state index is -0.373. The number of hydrogen-bond acceptors (Lipinski definition) is 3. The Kier molecular flexibility index (Phi) is 3.52. The quantitative estimate of drug-likeness (QED) is 0.771. The Bertz CT molecular complexity index is 340. The predicted octanol–water partition coefficient (Wildman–Crippen LogP) is 0.729. The second kappa shape index (κ2) is 4.33. The summed E-state index contributed by atoms with van der Waals surface area (Å²) < 4.78 is 1.95. The minimum Gasteiger partial charge on any atom is -0.395 e. The number of aliphatic hydroxyl groups excluding tert-OH is 1. The van der Waals surface area contributed by atoms with Gasteiger partial charge in [-0.25, -0.2) is 0 Å². The topological polar surface area (TPSA) is 64.1 Å². The summed E-state index contributed by atoms with van der Waals surface area (Å²) >= 11 is 0. The minimum absolute atomic E-state index is 0.0561. The van der Waals surface area contributed by atoms with Crippen LogP contribution in [0.1, 0.15) is 30.8 Å². The highest BCUT2D eigenvalue weighted by Crippen LogP contribution is 2.28. The second-order valence-electron chi connectivity index (χ2n) is 4.28. The number of nitrogens with two attached hydrogens (primary N) is 1. The molecule has 0 radical (unpaired) electrons. The maximum atomic E-state index is 9.45. The molecule has 86 valence electrons. The molecule has 0 aliphatic rings. The zero-order chi connectivity index (χ0) is 11.6. The van der Waals surface area contributed by atoms with Gasteiger partial charge >= 0.3 is 0 Å². The molecule has 1 rings (SSSR count). The van der Waals surface area contributed by atoms with E-state index >= 15 is 0 Å². The second-order valence-corrected chi connectivity index (χ2v) is 4.28. The number of aryl methyl sites for hydroxylation is 2. The van der Waals surface area contributed by atoms with Gasteiger partial charge in [0.25, 0.3) is 0 Å². The van der Waals surface area contributed by atoms with Crippen LogP contribution in [0.4, 0.5) is 0 Å². The maximum absolute atomic E-state index is 9.45. The lowest BCUT2D eigenvalue weighted by atomic mass is 9.82. The highest BCUT2D eigenvalue weighted by atomic mass is 16.3. The molecular formula is C11H21N3O. The Morgan fingerprint density at radius 3 is 2.40 bits per heavy atom. The van der Waals surface area contributed by atoms with Crippen molar-refractivity contribution in [3.8, 4) is 0 Å². The Morgan fingerprint density at radius 2 is 2.07 bits per heavy atom. The molecule has 1 atom stereocenters. The molecule has 0 amide bonds. The molecule has 15 heavy (non-hydrogen) atoms. The van der Waals surface area contributed by atoms with E-state index in [0.29, 0.717) is 6.54 Å². The van der Waals surface area contributed by atoms with E-state index in [4.69, 9.17) is 5.73 Å². The van der Waals surface area contributed by atoms with Gasteiger partial charge in [-0.2, -0.15) is 5.10 Å². The van der Waals surface area contributed by atoms with Gasteiger partial charge in [0.1, 0.15) is 0 Å². The van der Waals surface area contributed by atoms with Crippen LogP contribution in [0.25, 0.3) is 0 Å². The Morgan fingerprint density at radius 1 is 1.47 bits per heavy atom. The molecule has 0 aliphatic carbocycles. The lowest BCUT2D eigenvalue weighted by molar-refractivity contribution is 0.209. The van der Waals surface area contributed by atoms with E-state index in [1.54, 1.807) is 0 Å². The highest BCUT2D eigenvalue weighted by Gasteiger charge is 2.30. The van der Waals surface area contributed by atoms with Crippen LogP contribution in [0.5, 0.6) is 0 Å². The first-order valence-electron chi connectivity index (χ1n) is 5.35.